The zero-order valence-corrected chi connectivity index (χ0v) is 10.8. The van der Waals surface area contributed by atoms with Gasteiger partial charge in [0.25, 0.3) is 0 Å². The first-order valence-corrected chi connectivity index (χ1v) is 2.35. The molecule has 7 heavy (non-hydrogen) atoms. The van der Waals surface area contributed by atoms with Crippen molar-refractivity contribution in [3.05, 3.63) is 0 Å². The first-order valence-electron chi connectivity index (χ1n) is 0.783. The van der Waals surface area contributed by atoms with Gasteiger partial charge in [-0.1, -0.05) is 0 Å². The standard InChI is InChI=1S/Bi.H3O4P.H2S.3H/c;1-5(2,3)4;;;;/h;(H3,1,2,3,4);1H2;;;. The van der Waals surface area contributed by atoms with Crippen LogP contribution >= 0.6 is 21.3 Å². The fourth-order valence-electron chi connectivity index (χ4n) is 0. The van der Waals surface area contributed by atoms with Crippen molar-refractivity contribution in [2.45, 2.75) is 0 Å². The molecule has 0 saturated carbocycles. The Morgan fingerprint density at radius 3 is 1.14 bits per heavy atom. The summed E-state index contributed by atoms with van der Waals surface area (Å²) >= 11 is 0. The molecule has 0 spiro atoms. The van der Waals surface area contributed by atoms with Gasteiger partial charge < -0.3 is 14.7 Å². The van der Waals surface area contributed by atoms with Crippen LogP contribution in [0.3, 0.4) is 0 Å². The summed E-state index contributed by atoms with van der Waals surface area (Å²) < 4.78 is 8.88. The number of hydrogen-bond donors (Lipinski definition) is 3. The van der Waals surface area contributed by atoms with E-state index in [1.807, 2.05) is 0 Å². The third kappa shape index (κ3) is 116. The molecule has 0 radical (unpaired) electrons. The van der Waals surface area contributed by atoms with Gasteiger partial charge in [-0.3, -0.25) is 0 Å². The number of hydrogen-bond acceptors (Lipinski definition) is 1. The van der Waals surface area contributed by atoms with Crippen LogP contribution in [0.1, 0.15) is 0 Å². The van der Waals surface area contributed by atoms with E-state index in [2.05, 4.69) is 0 Å². The van der Waals surface area contributed by atoms with Crippen LogP contribution in [-0.2, 0) is 4.57 Å². The number of rotatable bonds is 0. The van der Waals surface area contributed by atoms with Crippen LogP contribution in [0.15, 0.2) is 0 Å². The van der Waals surface area contributed by atoms with Crippen molar-refractivity contribution in [3.63, 3.8) is 0 Å². The van der Waals surface area contributed by atoms with E-state index in [0.717, 1.165) is 0 Å². The fraction of sp³-hybridized carbons (Fsp3) is 0. The Kier molecular flexibility index (Phi) is 12.3. The predicted molar refractivity (Wildman–Crippen MR) is 34.6 cm³/mol. The van der Waals surface area contributed by atoms with Crippen molar-refractivity contribution in [3.8, 4) is 0 Å². The minimum absolute atomic E-state index is 0. The molecule has 0 heterocycles. The van der Waals surface area contributed by atoms with Crippen molar-refractivity contribution < 1.29 is 19.2 Å². The molecule has 7 heteroatoms. The molecule has 0 fully saturated rings. The Morgan fingerprint density at radius 1 is 1.14 bits per heavy atom. The van der Waals surface area contributed by atoms with E-state index in [9.17, 15) is 0 Å². The Morgan fingerprint density at radius 2 is 1.14 bits per heavy atom. The van der Waals surface area contributed by atoms with Crippen molar-refractivity contribution in [2.24, 2.45) is 0 Å². The summed E-state index contributed by atoms with van der Waals surface area (Å²) in [7, 11) is -4.64. The minimum atomic E-state index is -4.64. The molecule has 0 unspecified atom stereocenters. The molecule has 0 aromatic heterocycles. The van der Waals surface area contributed by atoms with Crippen LogP contribution in [0.25, 0.3) is 0 Å². The maximum absolute atomic E-state index is 8.88. The third-order valence-corrected chi connectivity index (χ3v) is 0. The van der Waals surface area contributed by atoms with Crippen LogP contribution in [0, 0.1) is 0 Å². The molecule has 3 N–H and O–H groups in total. The molecule has 0 bridgehead atoms. The summed E-state index contributed by atoms with van der Waals surface area (Å²) in [6.07, 6.45) is 0. The maximum atomic E-state index is 8.88. The van der Waals surface area contributed by atoms with E-state index >= 15 is 0 Å². The summed E-state index contributed by atoms with van der Waals surface area (Å²) in [5, 5.41) is 0. The topological polar surface area (TPSA) is 77.8 Å². The Hall–Kier alpha value is 1.34. The van der Waals surface area contributed by atoms with Crippen molar-refractivity contribution in [2.75, 3.05) is 0 Å². The molecule has 0 aliphatic heterocycles. The first kappa shape index (κ1) is 15.8. The number of phosphoric acid groups is 1. The Bertz CT molecular complexity index is 57.8. The van der Waals surface area contributed by atoms with Gasteiger partial charge in [0.2, 0.25) is 0 Å². The van der Waals surface area contributed by atoms with Gasteiger partial charge >= 0.3 is 34.0 Å². The van der Waals surface area contributed by atoms with Gasteiger partial charge in [-0.2, -0.15) is 13.5 Å². The van der Waals surface area contributed by atoms with E-state index in [-0.39, 0.29) is 39.7 Å². The molecule has 48 valence electrons. The molecule has 0 aliphatic carbocycles. The van der Waals surface area contributed by atoms with Gasteiger partial charge in [0, 0.05) is 0 Å². The van der Waals surface area contributed by atoms with Crippen molar-refractivity contribution >= 4 is 47.5 Å². The molecule has 0 rings (SSSR count). The Labute approximate surface area is 66.7 Å². The van der Waals surface area contributed by atoms with Crippen molar-refractivity contribution in [1.82, 2.24) is 0 Å². The molecular weight excluding hydrogens is 336 g/mol. The van der Waals surface area contributed by atoms with Crippen LogP contribution in [0.4, 0.5) is 0 Å². The summed E-state index contributed by atoms with van der Waals surface area (Å²) in [5.74, 6) is 0. The quantitative estimate of drug-likeness (QED) is 0.351. The molecule has 0 aromatic carbocycles. The molecular formula is H8BiO4PS. The van der Waals surface area contributed by atoms with E-state index in [1.165, 1.54) is 0 Å². The predicted octanol–water partition coefficient (Wildman–Crippen LogP) is -2.00. The van der Waals surface area contributed by atoms with E-state index in [4.69, 9.17) is 19.2 Å². The van der Waals surface area contributed by atoms with E-state index in [0.29, 0.717) is 0 Å². The van der Waals surface area contributed by atoms with E-state index < -0.39 is 7.82 Å². The third-order valence-electron chi connectivity index (χ3n) is 0. The molecule has 0 saturated heterocycles. The summed E-state index contributed by atoms with van der Waals surface area (Å²) in [6, 6.07) is 0. The second kappa shape index (κ2) is 5.48. The summed E-state index contributed by atoms with van der Waals surface area (Å²) in [5.41, 5.74) is 0. The zero-order chi connectivity index (χ0) is 4.50. The molecule has 0 atom stereocenters. The Balaban J connectivity index is -0.0000000800. The fourth-order valence-corrected chi connectivity index (χ4v) is 0. The monoisotopic (exact) mass is 344 g/mol. The van der Waals surface area contributed by atoms with Gasteiger partial charge in [-0.25, -0.2) is 4.57 Å². The SMILES string of the molecule is O=P(O)(O)O.S.[BiH3]. The molecule has 0 aromatic rings. The molecule has 4 nitrogen and oxygen atoms in total. The molecule has 0 aliphatic rings. The van der Waals surface area contributed by atoms with Gasteiger partial charge in [0.1, 0.15) is 0 Å². The van der Waals surface area contributed by atoms with Crippen LogP contribution in [0.5, 0.6) is 0 Å². The van der Waals surface area contributed by atoms with Crippen LogP contribution in [0.2, 0.25) is 0 Å². The second-order valence-corrected chi connectivity index (χ2v) is 1.54. The van der Waals surface area contributed by atoms with E-state index in [1.54, 1.807) is 0 Å². The molecule has 0 amide bonds. The van der Waals surface area contributed by atoms with Gasteiger partial charge in [-0.05, 0) is 0 Å². The average molecular weight is 344 g/mol. The second-order valence-electron chi connectivity index (χ2n) is 0.513. The average Bonchev–Trinajstić information content (AvgIpc) is 0.722. The van der Waals surface area contributed by atoms with Crippen molar-refractivity contribution in [1.29, 1.82) is 0 Å². The summed E-state index contributed by atoms with van der Waals surface area (Å²) in [4.78, 5) is 21.6. The van der Waals surface area contributed by atoms with Crippen LogP contribution in [-0.4, -0.2) is 40.9 Å². The van der Waals surface area contributed by atoms with Crippen LogP contribution < -0.4 is 0 Å². The van der Waals surface area contributed by atoms with Gasteiger partial charge in [-0.15, -0.1) is 0 Å². The normalized spacial score (nSPS) is 8.43. The first-order chi connectivity index (χ1) is 2.00. The van der Waals surface area contributed by atoms with Gasteiger partial charge in [0.05, 0.1) is 0 Å². The van der Waals surface area contributed by atoms with Gasteiger partial charge in [0.15, 0.2) is 0 Å². The summed E-state index contributed by atoms with van der Waals surface area (Å²) in [6.45, 7) is 0. The zero-order valence-electron chi connectivity index (χ0n) is 3.40.